The summed E-state index contributed by atoms with van der Waals surface area (Å²) in [6.07, 6.45) is 1.19. The van der Waals surface area contributed by atoms with E-state index in [1.54, 1.807) is 18.2 Å². The molecule has 1 rings (SSSR count). The number of halogens is 3. The molecule has 1 aromatic carbocycles. The van der Waals surface area contributed by atoms with Crippen LogP contribution in [0, 0.1) is 0 Å². The molecule has 0 radical (unpaired) electrons. The molecule has 0 bridgehead atoms. The number of hydrogen-bond donors (Lipinski definition) is 0. The summed E-state index contributed by atoms with van der Waals surface area (Å²) in [4.78, 5) is 10.7. The molecule has 1 aromatic rings. The van der Waals surface area contributed by atoms with E-state index in [2.05, 4.69) is 0 Å². The third kappa shape index (κ3) is 3.85. The highest BCUT2D eigenvalue weighted by molar-refractivity contribution is 6.61. The molecule has 0 aliphatic rings. The van der Waals surface area contributed by atoms with Gasteiger partial charge in [0.25, 0.3) is 0 Å². The van der Waals surface area contributed by atoms with Crippen molar-refractivity contribution in [2.75, 3.05) is 0 Å². The van der Waals surface area contributed by atoms with Gasteiger partial charge >= 0.3 is 5.43 Å². The molecular formula is C11H11Cl3O2. The maximum absolute atomic E-state index is 10.7. The van der Waals surface area contributed by atoms with E-state index in [-0.39, 0.29) is 6.10 Å². The van der Waals surface area contributed by atoms with Crippen LogP contribution >= 0.6 is 34.8 Å². The zero-order valence-electron chi connectivity index (χ0n) is 8.67. The predicted molar refractivity (Wildman–Crippen MR) is 66.4 cm³/mol. The Morgan fingerprint density at radius 1 is 1.38 bits per heavy atom. The molecule has 1 atom stereocenters. The fourth-order valence-corrected chi connectivity index (χ4v) is 1.79. The highest BCUT2D eigenvalue weighted by Crippen LogP contribution is 2.29. The van der Waals surface area contributed by atoms with E-state index in [9.17, 15) is 4.79 Å². The molecule has 0 aliphatic heterocycles. The topological polar surface area (TPSA) is 26.3 Å². The highest BCUT2D eigenvalue weighted by atomic mass is 35.5. The molecule has 0 heterocycles. The van der Waals surface area contributed by atoms with Gasteiger partial charge in [0, 0.05) is 11.6 Å². The van der Waals surface area contributed by atoms with Crippen molar-refractivity contribution in [3.8, 4) is 0 Å². The first-order valence-corrected chi connectivity index (χ1v) is 5.99. The van der Waals surface area contributed by atoms with Gasteiger partial charge in [-0.2, -0.15) is 0 Å². The Bertz CT molecular complexity index is 379. The summed E-state index contributed by atoms with van der Waals surface area (Å²) in [6.45, 7) is 1.99. The van der Waals surface area contributed by atoms with Gasteiger partial charge in [-0.25, -0.2) is 4.79 Å². The molecule has 5 heteroatoms. The van der Waals surface area contributed by atoms with Gasteiger partial charge in [-0.05, 0) is 24.1 Å². The summed E-state index contributed by atoms with van der Waals surface area (Å²) in [5.74, 6) is 0. The molecule has 2 nitrogen and oxygen atoms in total. The summed E-state index contributed by atoms with van der Waals surface area (Å²) in [5.41, 5.74) is -0.0187. The van der Waals surface area contributed by atoms with Crippen molar-refractivity contribution in [2.24, 2.45) is 0 Å². The van der Waals surface area contributed by atoms with Crippen LogP contribution in [-0.4, -0.2) is 5.43 Å². The zero-order chi connectivity index (χ0) is 12.1. The van der Waals surface area contributed by atoms with Crippen LogP contribution in [0.3, 0.4) is 0 Å². The number of ether oxygens (including phenoxy) is 1. The van der Waals surface area contributed by atoms with Crippen molar-refractivity contribution in [3.63, 3.8) is 0 Å². The average molecular weight is 282 g/mol. The fraction of sp³-hybridized carbons (Fsp3) is 0.364. The predicted octanol–water partition coefficient (Wildman–Crippen LogP) is 5.21. The Hall–Kier alpha value is -0.440. The number of hydrogen-bond acceptors (Lipinski definition) is 2. The lowest BCUT2D eigenvalue weighted by Crippen LogP contribution is -2.06. The minimum Gasteiger partial charge on any atom is -0.445 e. The Balaban J connectivity index is 2.91. The Labute approximate surface area is 109 Å². The largest absolute Gasteiger partial charge is 0.445 e. The van der Waals surface area contributed by atoms with Gasteiger partial charge in [-0.3, -0.25) is 0 Å². The van der Waals surface area contributed by atoms with Crippen LogP contribution in [-0.2, 0) is 4.74 Å². The molecule has 0 spiro atoms. The van der Waals surface area contributed by atoms with E-state index >= 15 is 0 Å². The molecule has 0 fully saturated rings. The second-order valence-electron chi connectivity index (χ2n) is 3.31. The van der Waals surface area contributed by atoms with Crippen molar-refractivity contribution >= 4 is 40.2 Å². The first kappa shape index (κ1) is 13.6. The molecule has 1 unspecified atom stereocenters. The molecule has 0 saturated heterocycles. The van der Waals surface area contributed by atoms with E-state index < -0.39 is 5.43 Å². The number of rotatable bonds is 4. The van der Waals surface area contributed by atoms with Crippen LogP contribution in [0.2, 0.25) is 10.0 Å². The van der Waals surface area contributed by atoms with E-state index in [0.717, 1.165) is 12.0 Å². The summed E-state index contributed by atoms with van der Waals surface area (Å²) in [6, 6.07) is 5.13. The summed E-state index contributed by atoms with van der Waals surface area (Å²) >= 11 is 16.9. The van der Waals surface area contributed by atoms with Crippen LogP contribution in [0.5, 0.6) is 0 Å². The number of carbonyl (C=O) groups is 1. The van der Waals surface area contributed by atoms with Crippen LogP contribution in [0.4, 0.5) is 4.79 Å². The van der Waals surface area contributed by atoms with Gasteiger partial charge in [0.05, 0.1) is 10.0 Å². The van der Waals surface area contributed by atoms with Crippen molar-refractivity contribution in [1.82, 2.24) is 0 Å². The summed E-state index contributed by atoms with van der Waals surface area (Å²) in [7, 11) is 0. The molecule has 0 amide bonds. The molecular weight excluding hydrogens is 270 g/mol. The quantitative estimate of drug-likeness (QED) is 0.708. The van der Waals surface area contributed by atoms with Gasteiger partial charge in [0.2, 0.25) is 0 Å². The smallest absolute Gasteiger partial charge is 0.404 e. The van der Waals surface area contributed by atoms with Crippen LogP contribution in [0.15, 0.2) is 18.2 Å². The molecule has 0 aromatic heterocycles. The van der Waals surface area contributed by atoms with Gasteiger partial charge in [-0.1, -0.05) is 42.6 Å². The molecule has 0 N–H and O–H groups in total. The SMILES string of the molecule is CCCC(OC(=O)Cl)c1ccc(Cl)c(Cl)c1. The third-order valence-electron chi connectivity index (χ3n) is 2.10. The zero-order valence-corrected chi connectivity index (χ0v) is 10.9. The maximum Gasteiger partial charge on any atom is 0.404 e. The lowest BCUT2D eigenvalue weighted by molar-refractivity contribution is 0.115. The van der Waals surface area contributed by atoms with Crippen molar-refractivity contribution in [2.45, 2.75) is 25.9 Å². The lowest BCUT2D eigenvalue weighted by atomic mass is 10.1. The minimum absolute atomic E-state index is 0.371. The minimum atomic E-state index is -0.815. The average Bonchev–Trinajstić information content (AvgIpc) is 2.21. The third-order valence-corrected chi connectivity index (χ3v) is 2.93. The molecule has 88 valence electrons. The lowest BCUT2D eigenvalue weighted by Gasteiger charge is -2.16. The number of carbonyl (C=O) groups excluding carboxylic acids is 1. The fourth-order valence-electron chi connectivity index (χ4n) is 1.38. The number of benzene rings is 1. The van der Waals surface area contributed by atoms with E-state index in [4.69, 9.17) is 39.5 Å². The van der Waals surface area contributed by atoms with Crippen LogP contribution in [0.25, 0.3) is 0 Å². The van der Waals surface area contributed by atoms with E-state index in [0.29, 0.717) is 16.5 Å². The second kappa shape index (κ2) is 6.33. The van der Waals surface area contributed by atoms with Crippen molar-refractivity contribution in [3.05, 3.63) is 33.8 Å². The molecule has 0 saturated carbocycles. The van der Waals surface area contributed by atoms with Gasteiger partial charge in [0.15, 0.2) is 0 Å². The Morgan fingerprint density at radius 3 is 2.56 bits per heavy atom. The van der Waals surface area contributed by atoms with E-state index in [1.165, 1.54) is 0 Å². The van der Waals surface area contributed by atoms with Crippen LogP contribution in [0.1, 0.15) is 31.4 Å². The summed E-state index contributed by atoms with van der Waals surface area (Å²) < 4.78 is 5.00. The van der Waals surface area contributed by atoms with Crippen molar-refractivity contribution in [1.29, 1.82) is 0 Å². The van der Waals surface area contributed by atoms with Gasteiger partial charge in [-0.15, -0.1) is 0 Å². The Morgan fingerprint density at radius 2 is 2.06 bits per heavy atom. The van der Waals surface area contributed by atoms with Crippen molar-refractivity contribution < 1.29 is 9.53 Å². The molecule has 16 heavy (non-hydrogen) atoms. The summed E-state index contributed by atoms with van der Waals surface area (Å²) in [5, 5.41) is 0.906. The second-order valence-corrected chi connectivity index (χ2v) is 4.43. The maximum atomic E-state index is 10.7. The first-order chi connectivity index (χ1) is 7.54. The highest BCUT2D eigenvalue weighted by Gasteiger charge is 2.15. The monoisotopic (exact) mass is 280 g/mol. The normalized spacial score (nSPS) is 12.2. The van der Waals surface area contributed by atoms with Gasteiger partial charge < -0.3 is 4.74 Å². The Kier molecular flexibility index (Phi) is 5.39. The molecule has 0 aliphatic carbocycles. The van der Waals surface area contributed by atoms with Gasteiger partial charge in [0.1, 0.15) is 6.10 Å². The first-order valence-electron chi connectivity index (χ1n) is 4.85. The standard InChI is InChI=1S/C11H11Cl3O2/c1-2-3-10(16-11(14)15)7-4-5-8(12)9(13)6-7/h4-6,10H,2-3H2,1H3. The van der Waals surface area contributed by atoms with Crippen LogP contribution < -0.4 is 0 Å². The van der Waals surface area contributed by atoms with E-state index in [1.807, 2.05) is 6.92 Å².